The number of piperazine rings is 1. The van der Waals surface area contributed by atoms with Crippen LogP contribution in [0, 0.1) is 5.82 Å². The van der Waals surface area contributed by atoms with Gasteiger partial charge >= 0.3 is 6.09 Å². The number of hydrogen-bond acceptors (Lipinski definition) is 9. The molecule has 0 spiro atoms. The number of cyclic esters (lactones) is 1. The normalized spacial score (nSPS) is 24.8. The number of ether oxygens (including phenoxy) is 1. The third-order valence-corrected chi connectivity index (χ3v) is 6.91. The molecule has 3 atom stereocenters. The summed E-state index contributed by atoms with van der Waals surface area (Å²) in [4.78, 5) is 52.4. The summed E-state index contributed by atoms with van der Waals surface area (Å²) in [5.74, 6) is -0.411. The fourth-order valence-corrected chi connectivity index (χ4v) is 4.81. The molecule has 4 aliphatic heterocycles. The predicted molar refractivity (Wildman–Crippen MR) is 133 cm³/mol. The van der Waals surface area contributed by atoms with Crippen LogP contribution >= 0.6 is 0 Å². The number of rotatable bonds is 6. The molecule has 1 aromatic carbocycles. The number of hydrogen-bond donors (Lipinski definition) is 2. The summed E-state index contributed by atoms with van der Waals surface area (Å²) in [6, 6.07) is 3.70. The number of aliphatic hydroxyl groups is 1. The molecule has 4 aliphatic rings. The van der Waals surface area contributed by atoms with Crippen LogP contribution in [0.1, 0.15) is 6.92 Å². The van der Waals surface area contributed by atoms with Gasteiger partial charge in [-0.25, -0.2) is 9.18 Å². The smallest absolute Gasteiger partial charge is 0.414 e. The van der Waals surface area contributed by atoms with Crippen LogP contribution in [-0.2, 0) is 14.3 Å². The molecule has 4 heterocycles. The van der Waals surface area contributed by atoms with Crippen molar-refractivity contribution in [2.75, 3.05) is 55.7 Å². The van der Waals surface area contributed by atoms with Crippen LogP contribution in [0.3, 0.4) is 0 Å². The molecular weight excluding hydrogens is 485 g/mol. The van der Waals surface area contributed by atoms with E-state index in [0.717, 1.165) is 0 Å². The Morgan fingerprint density at radius 2 is 2.03 bits per heavy atom. The zero-order chi connectivity index (χ0) is 26.1. The second kappa shape index (κ2) is 10.2. The average Bonchev–Trinajstić information content (AvgIpc) is 3.46. The number of aliphatic imine (C=N–C) groups is 2. The van der Waals surface area contributed by atoms with Crippen molar-refractivity contribution in [3.63, 3.8) is 0 Å². The quantitative estimate of drug-likeness (QED) is 0.545. The molecular formula is C24H28FN7O5. The molecule has 0 saturated carbocycles. The Labute approximate surface area is 212 Å². The van der Waals surface area contributed by atoms with Gasteiger partial charge in [-0.1, -0.05) is 0 Å². The molecule has 0 aromatic heterocycles. The number of aliphatic hydroxyl groups excluding tert-OH is 1. The monoisotopic (exact) mass is 513 g/mol. The highest BCUT2D eigenvalue weighted by Crippen LogP contribution is 2.28. The Morgan fingerprint density at radius 1 is 1.24 bits per heavy atom. The lowest BCUT2D eigenvalue weighted by Gasteiger charge is -2.36. The number of benzene rings is 1. The summed E-state index contributed by atoms with van der Waals surface area (Å²) in [5, 5.41) is 11.9. The van der Waals surface area contributed by atoms with Crippen molar-refractivity contribution in [3.8, 4) is 0 Å². The number of halogens is 1. The summed E-state index contributed by atoms with van der Waals surface area (Å²) >= 11 is 0. The fraction of sp³-hybridized carbons (Fsp3) is 0.458. The van der Waals surface area contributed by atoms with Crippen molar-refractivity contribution >= 4 is 41.3 Å². The Kier molecular flexibility index (Phi) is 6.78. The van der Waals surface area contributed by atoms with Gasteiger partial charge in [-0.3, -0.25) is 24.5 Å². The molecule has 196 valence electrons. The third kappa shape index (κ3) is 4.86. The summed E-state index contributed by atoms with van der Waals surface area (Å²) in [6.45, 7) is 3.20. The van der Waals surface area contributed by atoms with Gasteiger partial charge < -0.3 is 29.9 Å². The van der Waals surface area contributed by atoms with Crippen LogP contribution in [-0.4, -0.2) is 109 Å². The summed E-state index contributed by atoms with van der Waals surface area (Å²) in [7, 11) is 0. The van der Waals surface area contributed by atoms with Crippen LogP contribution in [0.4, 0.5) is 20.6 Å². The van der Waals surface area contributed by atoms with E-state index in [1.807, 2.05) is 16.7 Å². The van der Waals surface area contributed by atoms with E-state index >= 15 is 0 Å². The molecule has 2 unspecified atom stereocenters. The van der Waals surface area contributed by atoms with Gasteiger partial charge in [-0.2, -0.15) is 0 Å². The van der Waals surface area contributed by atoms with Crippen molar-refractivity contribution in [1.29, 1.82) is 0 Å². The van der Waals surface area contributed by atoms with E-state index in [1.54, 1.807) is 35.6 Å². The van der Waals surface area contributed by atoms with Gasteiger partial charge in [0, 0.05) is 38.6 Å². The van der Waals surface area contributed by atoms with Crippen LogP contribution in [0.2, 0.25) is 0 Å². The maximum Gasteiger partial charge on any atom is 0.414 e. The van der Waals surface area contributed by atoms with Crippen LogP contribution in [0.15, 0.2) is 40.6 Å². The third-order valence-electron chi connectivity index (χ3n) is 6.91. The van der Waals surface area contributed by atoms with Gasteiger partial charge in [0.2, 0.25) is 11.8 Å². The molecule has 3 amide bonds. The molecule has 37 heavy (non-hydrogen) atoms. The van der Waals surface area contributed by atoms with Crippen LogP contribution < -0.4 is 15.1 Å². The topological polar surface area (TPSA) is 130 Å². The second-order valence-corrected chi connectivity index (χ2v) is 9.18. The Hall–Kier alpha value is -4.00. The van der Waals surface area contributed by atoms with Gasteiger partial charge in [-0.05, 0) is 25.1 Å². The Morgan fingerprint density at radius 3 is 2.70 bits per heavy atom. The molecule has 0 aliphatic carbocycles. The largest absolute Gasteiger partial charge is 0.441 e. The molecule has 0 radical (unpaired) electrons. The lowest BCUT2D eigenvalue weighted by Crippen LogP contribution is -2.52. The standard InChI is InChI=1S/C24H28FN7O5/c1-15-22(28-20-11-26-4-5-31(15)20)23(35)27-12-21(34)30-8-6-29(7-9-30)19-3-2-16(10-18(19)25)32-13-17(14-33)37-24(32)36/h2-5,10-11,15,17,22,33H,6-9,12-14H2,1H3,(H,27,35)/t15?,17-,22?/m1/s1. The zero-order valence-electron chi connectivity index (χ0n) is 20.3. The number of carbonyl (C=O) groups is 3. The number of amides is 3. The highest BCUT2D eigenvalue weighted by atomic mass is 19.1. The number of nitrogens with zero attached hydrogens (tertiary/aromatic N) is 6. The SMILES string of the molecule is CC1C(C(=O)NCC(=O)N2CCN(c3ccc(N4C[C@H](CO)OC4=O)cc3F)CC2)N=C2C=NC=CN21. The molecule has 2 N–H and O–H groups in total. The maximum atomic E-state index is 14.9. The highest BCUT2D eigenvalue weighted by Gasteiger charge is 2.37. The van der Waals surface area contributed by atoms with Gasteiger partial charge in [0.25, 0.3) is 0 Å². The molecule has 13 heteroatoms. The molecule has 2 saturated heterocycles. The molecule has 0 bridgehead atoms. The van der Waals surface area contributed by atoms with Crippen LogP contribution in [0.25, 0.3) is 0 Å². The van der Waals surface area contributed by atoms with Crippen molar-refractivity contribution in [2.24, 2.45) is 9.98 Å². The van der Waals surface area contributed by atoms with E-state index in [9.17, 15) is 23.9 Å². The van der Waals surface area contributed by atoms with E-state index in [2.05, 4.69) is 15.3 Å². The first kappa shape index (κ1) is 24.7. The average molecular weight is 514 g/mol. The van der Waals surface area contributed by atoms with E-state index in [0.29, 0.717) is 43.4 Å². The molecule has 2 fully saturated rings. The van der Waals surface area contributed by atoms with E-state index in [4.69, 9.17) is 4.74 Å². The molecule has 1 aromatic rings. The minimum atomic E-state index is -0.630. The second-order valence-electron chi connectivity index (χ2n) is 9.18. The minimum Gasteiger partial charge on any atom is -0.441 e. The lowest BCUT2D eigenvalue weighted by molar-refractivity contribution is -0.133. The number of fused-ring (bicyclic) bond motifs is 1. The van der Waals surface area contributed by atoms with E-state index in [1.165, 1.54) is 11.0 Å². The van der Waals surface area contributed by atoms with Crippen LogP contribution in [0.5, 0.6) is 0 Å². The van der Waals surface area contributed by atoms with Crippen molar-refractivity contribution in [2.45, 2.75) is 25.1 Å². The Bertz CT molecular complexity index is 1180. The van der Waals surface area contributed by atoms with Gasteiger partial charge in [0.15, 0.2) is 6.04 Å². The summed E-state index contributed by atoms with van der Waals surface area (Å²) in [6.07, 6.45) is 3.74. The number of anilines is 2. The first-order valence-electron chi connectivity index (χ1n) is 12.1. The minimum absolute atomic E-state index is 0.138. The van der Waals surface area contributed by atoms with Gasteiger partial charge in [0.1, 0.15) is 17.8 Å². The molecule has 12 nitrogen and oxygen atoms in total. The first-order valence-corrected chi connectivity index (χ1v) is 12.1. The first-order chi connectivity index (χ1) is 17.9. The highest BCUT2D eigenvalue weighted by molar-refractivity contribution is 6.31. The van der Waals surface area contributed by atoms with Gasteiger partial charge in [0.05, 0.1) is 43.3 Å². The van der Waals surface area contributed by atoms with Gasteiger partial charge in [-0.15, -0.1) is 0 Å². The maximum absolute atomic E-state index is 14.9. The lowest BCUT2D eigenvalue weighted by atomic mass is 10.1. The molecule has 5 rings (SSSR count). The summed E-state index contributed by atoms with van der Waals surface area (Å²) < 4.78 is 19.9. The fourth-order valence-electron chi connectivity index (χ4n) is 4.81. The van der Waals surface area contributed by atoms with E-state index in [-0.39, 0.29) is 37.6 Å². The Balaban J connectivity index is 1.12. The van der Waals surface area contributed by atoms with Crippen molar-refractivity contribution in [1.82, 2.24) is 15.1 Å². The van der Waals surface area contributed by atoms with Crippen molar-refractivity contribution < 1.29 is 28.6 Å². The van der Waals surface area contributed by atoms with E-state index < -0.39 is 24.1 Å². The predicted octanol–water partition coefficient (Wildman–Crippen LogP) is -0.0652. The number of carbonyl (C=O) groups excluding carboxylic acids is 3. The summed E-state index contributed by atoms with van der Waals surface area (Å²) in [5.41, 5.74) is 0.728. The number of amidine groups is 1. The van der Waals surface area contributed by atoms with Crippen molar-refractivity contribution in [3.05, 3.63) is 36.4 Å². The zero-order valence-corrected chi connectivity index (χ0v) is 20.3. The number of nitrogens with one attached hydrogen (secondary N) is 1.